The Bertz CT molecular complexity index is 58.2. The molecule has 0 saturated heterocycles. The fourth-order valence-corrected chi connectivity index (χ4v) is 0. The molecule has 8 heavy (non-hydrogen) atoms. The van der Waals surface area contributed by atoms with Gasteiger partial charge in [-0.3, -0.25) is 0 Å². The van der Waals surface area contributed by atoms with Gasteiger partial charge in [0.15, 0.2) is 0 Å². The largest absolute Gasteiger partial charge is 1.00 e. The molecule has 40 valence electrons. The van der Waals surface area contributed by atoms with E-state index in [2.05, 4.69) is 0 Å². The molecule has 0 aromatic rings. The van der Waals surface area contributed by atoms with Crippen LogP contribution in [0.1, 0.15) is 0 Å². The Balaban J connectivity index is -0.0000000267. The van der Waals surface area contributed by atoms with E-state index in [0.29, 0.717) is 0 Å². The SMILES string of the molecule is O=P([O-])([O-])O.P.[Li+].[Li+]. The van der Waals surface area contributed by atoms with Crippen molar-refractivity contribution in [1.29, 1.82) is 0 Å². The predicted octanol–water partition coefficient (Wildman–Crippen LogP) is -8.13. The van der Waals surface area contributed by atoms with Crippen LogP contribution < -0.4 is 47.5 Å². The zero-order chi connectivity index (χ0) is 4.50. The quantitative estimate of drug-likeness (QED) is 0.270. The van der Waals surface area contributed by atoms with Gasteiger partial charge in [-0.05, 0) is 0 Å². The van der Waals surface area contributed by atoms with Crippen LogP contribution in [0.3, 0.4) is 0 Å². The van der Waals surface area contributed by atoms with Gasteiger partial charge in [0.1, 0.15) is 0 Å². The zero-order valence-electron chi connectivity index (χ0n) is 4.83. The van der Waals surface area contributed by atoms with Crippen molar-refractivity contribution < 1.29 is 57.0 Å². The summed E-state index contributed by atoms with van der Waals surface area (Å²) in [7, 11) is -5.14. The van der Waals surface area contributed by atoms with Crippen molar-refractivity contribution >= 4 is 17.7 Å². The number of hydrogen-bond acceptors (Lipinski definition) is 3. The number of phosphoric acid groups is 1. The standard InChI is InChI=1S/2Li.H3O4P.H3P/c;;1-5(2,3)4;/h;;(H3,1,2,3,4);1H3/q2*+1;;/p-2. The van der Waals surface area contributed by atoms with Crippen molar-refractivity contribution in [3.05, 3.63) is 0 Å². The van der Waals surface area contributed by atoms with Gasteiger partial charge in [0.05, 0.1) is 7.82 Å². The van der Waals surface area contributed by atoms with E-state index < -0.39 is 7.82 Å². The van der Waals surface area contributed by atoms with Crippen molar-refractivity contribution in [2.75, 3.05) is 0 Å². The summed E-state index contributed by atoms with van der Waals surface area (Å²) in [5.41, 5.74) is 0. The van der Waals surface area contributed by atoms with Gasteiger partial charge >= 0.3 is 37.7 Å². The van der Waals surface area contributed by atoms with Gasteiger partial charge in [0.25, 0.3) is 0 Å². The van der Waals surface area contributed by atoms with Crippen LogP contribution in [0.15, 0.2) is 0 Å². The minimum atomic E-state index is -5.14. The van der Waals surface area contributed by atoms with Crippen molar-refractivity contribution in [3.8, 4) is 0 Å². The van der Waals surface area contributed by atoms with Gasteiger partial charge in [-0.2, -0.15) is 9.90 Å². The summed E-state index contributed by atoms with van der Waals surface area (Å²) in [6.45, 7) is 0. The second-order valence-electron chi connectivity index (χ2n) is 0.469. The molecule has 0 aliphatic carbocycles. The van der Waals surface area contributed by atoms with E-state index in [9.17, 15) is 0 Å². The first-order valence-electron chi connectivity index (χ1n) is 0.748. The molecule has 0 heterocycles. The van der Waals surface area contributed by atoms with E-state index in [0.717, 1.165) is 0 Å². The summed E-state index contributed by atoms with van der Waals surface area (Å²) >= 11 is 0. The molecule has 0 amide bonds. The van der Waals surface area contributed by atoms with Crippen LogP contribution in [0.5, 0.6) is 0 Å². The Morgan fingerprint density at radius 1 is 1.25 bits per heavy atom. The zero-order valence-corrected chi connectivity index (χ0v) is 7.13. The molecule has 1 N–H and O–H groups in total. The minimum Gasteiger partial charge on any atom is -0.790 e. The normalized spacial score (nSPS) is 7.38. The van der Waals surface area contributed by atoms with Gasteiger partial charge in [-0.1, -0.05) is 0 Å². The number of hydrogen-bond donors (Lipinski definition) is 1. The molecule has 0 aromatic carbocycles. The average molecular weight is 144 g/mol. The molecule has 1 unspecified atom stereocenters. The van der Waals surface area contributed by atoms with Crippen LogP contribution >= 0.6 is 17.7 Å². The molecular weight excluding hydrogens is 140 g/mol. The Morgan fingerprint density at radius 3 is 1.25 bits per heavy atom. The first-order valence-corrected chi connectivity index (χ1v) is 2.24. The van der Waals surface area contributed by atoms with E-state index >= 15 is 0 Å². The maximum absolute atomic E-state index is 8.66. The summed E-state index contributed by atoms with van der Waals surface area (Å²) in [5.74, 6) is 0. The molecule has 4 nitrogen and oxygen atoms in total. The van der Waals surface area contributed by atoms with Gasteiger partial charge in [-0.25, -0.2) is 0 Å². The molecular formula is H4Li2O4P2. The molecule has 0 aliphatic heterocycles. The maximum Gasteiger partial charge on any atom is 1.00 e. The summed E-state index contributed by atoms with van der Waals surface area (Å²) in [4.78, 5) is 24.3. The Morgan fingerprint density at radius 2 is 1.25 bits per heavy atom. The van der Waals surface area contributed by atoms with Crippen LogP contribution in [0.2, 0.25) is 0 Å². The maximum atomic E-state index is 8.66. The van der Waals surface area contributed by atoms with E-state index in [4.69, 9.17) is 19.2 Å². The minimum absolute atomic E-state index is 0. The Hall–Kier alpha value is 1.73. The molecule has 0 bridgehead atoms. The van der Waals surface area contributed by atoms with Crippen LogP contribution in [0.4, 0.5) is 0 Å². The van der Waals surface area contributed by atoms with Crippen LogP contribution in [-0.4, -0.2) is 4.89 Å². The average Bonchev–Trinajstić information content (AvgIpc) is 0.722. The topological polar surface area (TPSA) is 83.4 Å². The molecule has 1 atom stereocenters. The second kappa shape index (κ2) is 8.73. The van der Waals surface area contributed by atoms with Gasteiger partial charge in [0, 0.05) is 0 Å². The first-order chi connectivity index (χ1) is 2.00. The molecule has 0 saturated carbocycles. The van der Waals surface area contributed by atoms with Crippen molar-refractivity contribution in [3.63, 3.8) is 0 Å². The number of rotatable bonds is 0. The van der Waals surface area contributed by atoms with E-state index in [1.807, 2.05) is 0 Å². The third-order valence-electron chi connectivity index (χ3n) is 0. The summed E-state index contributed by atoms with van der Waals surface area (Å²) < 4.78 is 8.66. The Labute approximate surface area is 74.7 Å². The molecule has 0 radical (unpaired) electrons. The van der Waals surface area contributed by atoms with Crippen LogP contribution in [0.25, 0.3) is 0 Å². The second-order valence-corrected chi connectivity index (χ2v) is 1.41. The molecule has 0 rings (SSSR count). The van der Waals surface area contributed by atoms with Crippen LogP contribution in [-0.2, 0) is 4.57 Å². The van der Waals surface area contributed by atoms with Gasteiger partial charge in [-0.15, -0.1) is 0 Å². The predicted molar refractivity (Wildman–Crippen MR) is 20.9 cm³/mol. The summed E-state index contributed by atoms with van der Waals surface area (Å²) in [5, 5.41) is 0. The molecule has 0 fully saturated rings. The molecule has 8 heteroatoms. The van der Waals surface area contributed by atoms with Gasteiger partial charge < -0.3 is 19.2 Å². The third kappa shape index (κ3) is 117. The fraction of sp³-hybridized carbons (Fsp3) is 0. The smallest absolute Gasteiger partial charge is 0.790 e. The van der Waals surface area contributed by atoms with E-state index in [1.54, 1.807) is 0 Å². The molecule has 0 aromatic heterocycles. The van der Waals surface area contributed by atoms with Gasteiger partial charge in [0.2, 0.25) is 0 Å². The van der Waals surface area contributed by atoms with Crippen molar-refractivity contribution in [2.24, 2.45) is 0 Å². The van der Waals surface area contributed by atoms with E-state index in [-0.39, 0.29) is 47.6 Å². The first kappa shape index (κ1) is 22.6. The van der Waals surface area contributed by atoms with E-state index in [1.165, 1.54) is 0 Å². The van der Waals surface area contributed by atoms with Crippen molar-refractivity contribution in [1.82, 2.24) is 0 Å². The molecule has 0 aliphatic rings. The third-order valence-corrected chi connectivity index (χ3v) is 0. The monoisotopic (exact) mass is 144 g/mol. The summed E-state index contributed by atoms with van der Waals surface area (Å²) in [6, 6.07) is 0. The van der Waals surface area contributed by atoms with Crippen LogP contribution in [0, 0.1) is 0 Å². The Kier molecular flexibility index (Phi) is 24.7. The van der Waals surface area contributed by atoms with Crippen molar-refractivity contribution in [2.45, 2.75) is 0 Å². The molecule has 0 spiro atoms. The summed E-state index contributed by atoms with van der Waals surface area (Å²) in [6.07, 6.45) is 0. The fourth-order valence-electron chi connectivity index (χ4n) is 0.